The molecule has 0 amide bonds. The molecule has 1 aromatic heterocycles. The second kappa shape index (κ2) is 2.06. The molecule has 1 atom stereocenters. The van der Waals surface area contributed by atoms with Gasteiger partial charge in [-0.05, 0) is 18.6 Å². The predicted octanol–water partition coefficient (Wildman–Crippen LogP) is 1.03. The average Bonchev–Trinajstić information content (AvgIpc) is 2.71. The molecule has 0 spiro atoms. The molecule has 0 aromatic carbocycles. The van der Waals surface area contributed by atoms with Crippen molar-refractivity contribution in [2.24, 2.45) is 0 Å². The van der Waals surface area contributed by atoms with Crippen LogP contribution in [0.25, 0.3) is 0 Å². The summed E-state index contributed by atoms with van der Waals surface area (Å²) < 4.78 is 0. The summed E-state index contributed by atoms with van der Waals surface area (Å²) in [5, 5.41) is 3.23. The van der Waals surface area contributed by atoms with Crippen LogP contribution in [0.3, 0.4) is 0 Å². The van der Waals surface area contributed by atoms with Crippen LogP contribution in [0.15, 0.2) is 18.3 Å². The fourth-order valence-electron chi connectivity index (χ4n) is 1.11. The highest BCUT2D eigenvalue weighted by Gasteiger charge is 2.24. The van der Waals surface area contributed by atoms with E-state index in [9.17, 15) is 0 Å². The highest BCUT2D eigenvalue weighted by Crippen LogP contribution is 2.21. The van der Waals surface area contributed by atoms with E-state index in [1.807, 2.05) is 12.3 Å². The van der Waals surface area contributed by atoms with Gasteiger partial charge in [-0.15, -0.1) is 0 Å². The maximum absolute atomic E-state index is 4.28. The van der Waals surface area contributed by atoms with E-state index in [2.05, 4.69) is 23.3 Å². The number of aryl methyl sites for hydroxylation is 1. The first kappa shape index (κ1) is 5.86. The van der Waals surface area contributed by atoms with Gasteiger partial charge < -0.3 is 5.32 Å². The van der Waals surface area contributed by atoms with Gasteiger partial charge in [0.1, 0.15) is 0 Å². The van der Waals surface area contributed by atoms with Crippen LogP contribution in [0, 0.1) is 6.92 Å². The van der Waals surface area contributed by atoms with Crippen LogP contribution in [-0.4, -0.2) is 11.5 Å². The van der Waals surface area contributed by atoms with Crippen molar-refractivity contribution in [2.75, 3.05) is 6.54 Å². The smallest absolute Gasteiger partial charge is 0.0625 e. The van der Waals surface area contributed by atoms with E-state index in [1.165, 1.54) is 11.3 Å². The zero-order valence-electron chi connectivity index (χ0n) is 5.96. The summed E-state index contributed by atoms with van der Waals surface area (Å²) in [7, 11) is 0. The molecule has 10 heavy (non-hydrogen) atoms. The Hall–Kier alpha value is -0.890. The fraction of sp³-hybridized carbons (Fsp3) is 0.375. The summed E-state index contributed by atoms with van der Waals surface area (Å²) >= 11 is 0. The van der Waals surface area contributed by atoms with E-state index in [-0.39, 0.29) is 0 Å². The van der Waals surface area contributed by atoms with Crippen LogP contribution in [0.1, 0.15) is 17.3 Å². The molecule has 52 valence electrons. The summed E-state index contributed by atoms with van der Waals surface area (Å²) in [5.41, 5.74) is 2.50. The number of rotatable bonds is 1. The number of nitrogens with one attached hydrogen (secondary N) is 1. The van der Waals surface area contributed by atoms with Crippen molar-refractivity contribution in [1.82, 2.24) is 10.3 Å². The lowest BCUT2D eigenvalue weighted by atomic mass is 10.2. The van der Waals surface area contributed by atoms with E-state index < -0.39 is 0 Å². The number of pyridine rings is 1. The number of aromatic nitrogens is 1. The summed E-state index contributed by atoms with van der Waals surface area (Å²) in [6, 6.07) is 4.62. The standard InChI is InChI=1S/C8H10N2/c1-6-3-2-4-9-8(6)7-5-10-7/h2-4,7,10H,5H2,1H3/t7-/m1/s1. The molecule has 1 fully saturated rings. The predicted molar refractivity (Wildman–Crippen MR) is 39.7 cm³/mol. The van der Waals surface area contributed by atoms with Gasteiger partial charge in [0.05, 0.1) is 11.7 Å². The molecule has 2 heteroatoms. The lowest BCUT2D eigenvalue weighted by molar-refractivity contribution is 0.971. The third kappa shape index (κ3) is 0.907. The summed E-state index contributed by atoms with van der Waals surface area (Å²) in [6.45, 7) is 3.19. The summed E-state index contributed by atoms with van der Waals surface area (Å²) in [4.78, 5) is 4.28. The quantitative estimate of drug-likeness (QED) is 0.582. The molecule has 0 unspecified atom stereocenters. The summed E-state index contributed by atoms with van der Waals surface area (Å²) in [5.74, 6) is 0. The average molecular weight is 134 g/mol. The largest absolute Gasteiger partial charge is 0.306 e. The van der Waals surface area contributed by atoms with Crippen LogP contribution in [0.4, 0.5) is 0 Å². The van der Waals surface area contributed by atoms with Gasteiger partial charge in [-0.2, -0.15) is 0 Å². The van der Waals surface area contributed by atoms with Crippen molar-refractivity contribution in [2.45, 2.75) is 13.0 Å². The van der Waals surface area contributed by atoms with Gasteiger partial charge in [0.2, 0.25) is 0 Å². The van der Waals surface area contributed by atoms with Gasteiger partial charge in [0.25, 0.3) is 0 Å². The van der Waals surface area contributed by atoms with Crippen molar-refractivity contribution in [3.05, 3.63) is 29.6 Å². The first-order valence-electron chi connectivity index (χ1n) is 3.53. The van der Waals surface area contributed by atoms with Crippen molar-refractivity contribution >= 4 is 0 Å². The van der Waals surface area contributed by atoms with E-state index in [0.717, 1.165) is 6.54 Å². The lowest BCUT2D eigenvalue weighted by Crippen LogP contribution is -1.92. The maximum atomic E-state index is 4.28. The molecule has 0 aliphatic carbocycles. The molecule has 0 saturated carbocycles. The molecule has 2 rings (SSSR count). The normalized spacial score (nSPS) is 22.7. The first-order chi connectivity index (χ1) is 4.88. The van der Waals surface area contributed by atoms with Crippen molar-refractivity contribution in [1.29, 1.82) is 0 Å². The minimum absolute atomic E-state index is 0.543. The monoisotopic (exact) mass is 134 g/mol. The Labute approximate surface area is 60.3 Å². The Morgan fingerprint density at radius 1 is 1.70 bits per heavy atom. The minimum atomic E-state index is 0.543. The molecule has 1 saturated heterocycles. The van der Waals surface area contributed by atoms with E-state index >= 15 is 0 Å². The first-order valence-corrected chi connectivity index (χ1v) is 3.53. The molecule has 1 aliphatic heterocycles. The molecule has 1 aromatic rings. The molecule has 1 aliphatic rings. The van der Waals surface area contributed by atoms with Crippen LogP contribution >= 0.6 is 0 Å². The number of hydrogen-bond donors (Lipinski definition) is 1. The Balaban J connectivity index is 2.39. The Morgan fingerprint density at radius 3 is 3.10 bits per heavy atom. The van der Waals surface area contributed by atoms with Crippen LogP contribution in [0.2, 0.25) is 0 Å². The summed E-state index contributed by atoms with van der Waals surface area (Å²) in [6.07, 6.45) is 1.85. The minimum Gasteiger partial charge on any atom is -0.306 e. The topological polar surface area (TPSA) is 34.8 Å². The molecular formula is C8H10N2. The Bertz CT molecular complexity index is 241. The van der Waals surface area contributed by atoms with Gasteiger partial charge in [-0.3, -0.25) is 4.98 Å². The zero-order valence-corrected chi connectivity index (χ0v) is 5.96. The Kier molecular flexibility index (Phi) is 1.21. The second-order valence-corrected chi connectivity index (χ2v) is 2.67. The highest BCUT2D eigenvalue weighted by atomic mass is 15.1. The maximum Gasteiger partial charge on any atom is 0.0625 e. The van der Waals surface area contributed by atoms with Crippen LogP contribution < -0.4 is 5.32 Å². The molecule has 0 bridgehead atoms. The second-order valence-electron chi connectivity index (χ2n) is 2.67. The lowest BCUT2D eigenvalue weighted by Gasteiger charge is -1.98. The van der Waals surface area contributed by atoms with Crippen molar-refractivity contribution in [3.8, 4) is 0 Å². The van der Waals surface area contributed by atoms with Crippen LogP contribution in [0.5, 0.6) is 0 Å². The molecule has 1 N–H and O–H groups in total. The van der Waals surface area contributed by atoms with Gasteiger partial charge >= 0.3 is 0 Å². The van der Waals surface area contributed by atoms with Crippen molar-refractivity contribution < 1.29 is 0 Å². The van der Waals surface area contributed by atoms with Gasteiger partial charge in [-0.25, -0.2) is 0 Å². The van der Waals surface area contributed by atoms with Gasteiger partial charge in [0, 0.05) is 12.7 Å². The van der Waals surface area contributed by atoms with E-state index in [1.54, 1.807) is 0 Å². The third-order valence-corrected chi connectivity index (χ3v) is 1.79. The highest BCUT2D eigenvalue weighted by molar-refractivity contribution is 5.24. The molecule has 2 heterocycles. The number of nitrogens with zero attached hydrogens (tertiary/aromatic N) is 1. The van der Waals surface area contributed by atoms with Crippen LogP contribution in [-0.2, 0) is 0 Å². The van der Waals surface area contributed by atoms with Gasteiger partial charge in [-0.1, -0.05) is 6.07 Å². The molecular weight excluding hydrogens is 124 g/mol. The molecule has 2 nitrogen and oxygen atoms in total. The van der Waals surface area contributed by atoms with E-state index in [0.29, 0.717) is 6.04 Å². The van der Waals surface area contributed by atoms with Gasteiger partial charge in [0.15, 0.2) is 0 Å². The third-order valence-electron chi connectivity index (χ3n) is 1.79. The Morgan fingerprint density at radius 2 is 2.50 bits per heavy atom. The fourth-order valence-corrected chi connectivity index (χ4v) is 1.11. The van der Waals surface area contributed by atoms with E-state index in [4.69, 9.17) is 0 Å². The number of hydrogen-bond acceptors (Lipinski definition) is 2. The van der Waals surface area contributed by atoms with Crippen molar-refractivity contribution in [3.63, 3.8) is 0 Å². The SMILES string of the molecule is Cc1cccnc1[C@H]1CN1. The zero-order chi connectivity index (χ0) is 6.97. The molecule has 0 radical (unpaired) electrons.